The molecule has 0 radical (unpaired) electrons. The van der Waals surface area contributed by atoms with Crippen LogP contribution in [0.4, 0.5) is 0 Å². The summed E-state index contributed by atoms with van der Waals surface area (Å²) >= 11 is 0. The third-order valence-corrected chi connectivity index (χ3v) is 5.73. The number of sulfonamides is 1. The van der Waals surface area contributed by atoms with Crippen molar-refractivity contribution in [2.45, 2.75) is 26.2 Å². The molecule has 1 aromatic rings. The summed E-state index contributed by atoms with van der Waals surface area (Å²) in [7, 11) is -1.51. The van der Waals surface area contributed by atoms with Crippen LogP contribution in [0.5, 0.6) is 5.75 Å². The van der Waals surface area contributed by atoms with E-state index in [1.165, 1.54) is 10.6 Å². The molecule has 0 spiro atoms. The SMILES string of the molecule is COc1ccc(C)cc1CCNC(=O)C1CCN(S(C)(=O)=O)CC1. The number of carbonyl (C=O) groups is 1. The van der Waals surface area contributed by atoms with Gasteiger partial charge in [-0.05, 0) is 37.8 Å². The molecule has 1 aromatic carbocycles. The van der Waals surface area contributed by atoms with Crippen LogP contribution in [0.1, 0.15) is 24.0 Å². The number of rotatable bonds is 6. The number of hydrogen-bond donors (Lipinski definition) is 1. The first-order valence-electron chi connectivity index (χ1n) is 8.17. The topological polar surface area (TPSA) is 75.7 Å². The molecule has 1 aliphatic rings. The summed E-state index contributed by atoms with van der Waals surface area (Å²) in [5.41, 5.74) is 2.23. The zero-order valence-corrected chi connectivity index (χ0v) is 15.4. The Kier molecular flexibility index (Phi) is 6.23. The standard InChI is InChI=1S/C17H26N2O4S/c1-13-4-5-16(23-2)15(12-13)6-9-18-17(20)14-7-10-19(11-8-14)24(3,21)22/h4-5,12,14H,6-11H2,1-3H3,(H,18,20). The Balaban J connectivity index is 1.81. The molecule has 7 heteroatoms. The average Bonchev–Trinajstić information content (AvgIpc) is 2.54. The van der Waals surface area contributed by atoms with Crippen molar-refractivity contribution in [3.63, 3.8) is 0 Å². The molecule has 0 unspecified atom stereocenters. The fourth-order valence-corrected chi connectivity index (χ4v) is 3.89. The van der Waals surface area contributed by atoms with Gasteiger partial charge in [0.2, 0.25) is 15.9 Å². The maximum atomic E-state index is 12.3. The third-order valence-electron chi connectivity index (χ3n) is 4.42. The summed E-state index contributed by atoms with van der Waals surface area (Å²) in [6, 6.07) is 6.00. The molecule has 6 nitrogen and oxygen atoms in total. The normalized spacial score (nSPS) is 16.8. The minimum atomic E-state index is -3.15. The molecule has 134 valence electrons. The summed E-state index contributed by atoms with van der Waals surface area (Å²) in [5, 5.41) is 2.96. The first-order chi connectivity index (χ1) is 11.3. The highest BCUT2D eigenvalue weighted by Crippen LogP contribution is 2.21. The highest BCUT2D eigenvalue weighted by molar-refractivity contribution is 7.88. The molecular weight excluding hydrogens is 328 g/mol. The predicted molar refractivity (Wildman–Crippen MR) is 93.6 cm³/mol. The average molecular weight is 354 g/mol. The van der Waals surface area contributed by atoms with Crippen molar-refractivity contribution in [1.29, 1.82) is 0 Å². The third kappa shape index (κ3) is 4.95. The van der Waals surface area contributed by atoms with Crippen LogP contribution >= 0.6 is 0 Å². The lowest BCUT2D eigenvalue weighted by Crippen LogP contribution is -2.42. The summed E-state index contributed by atoms with van der Waals surface area (Å²) in [6.45, 7) is 3.41. The first kappa shape index (κ1) is 18.7. The van der Waals surface area contributed by atoms with Gasteiger partial charge in [-0.25, -0.2) is 12.7 Å². The van der Waals surface area contributed by atoms with Crippen LogP contribution in [0, 0.1) is 12.8 Å². The van der Waals surface area contributed by atoms with Crippen LogP contribution in [0.3, 0.4) is 0 Å². The fraction of sp³-hybridized carbons (Fsp3) is 0.588. The lowest BCUT2D eigenvalue weighted by Gasteiger charge is -2.29. The van der Waals surface area contributed by atoms with Gasteiger partial charge in [0.1, 0.15) is 5.75 Å². The van der Waals surface area contributed by atoms with Gasteiger partial charge >= 0.3 is 0 Å². The Bertz CT molecular complexity index is 680. The second-order valence-electron chi connectivity index (χ2n) is 6.29. The van der Waals surface area contributed by atoms with Crippen LogP contribution in [-0.4, -0.2) is 51.6 Å². The van der Waals surface area contributed by atoms with E-state index in [1.54, 1.807) is 7.11 Å². The van der Waals surface area contributed by atoms with E-state index in [0.717, 1.165) is 16.9 Å². The van der Waals surface area contributed by atoms with Crippen molar-refractivity contribution in [2.24, 2.45) is 5.92 Å². The Hall–Kier alpha value is -1.60. The van der Waals surface area contributed by atoms with Crippen molar-refractivity contribution < 1.29 is 17.9 Å². The molecule has 0 atom stereocenters. The molecule has 0 aromatic heterocycles. The fourth-order valence-electron chi connectivity index (χ4n) is 3.02. The maximum Gasteiger partial charge on any atom is 0.223 e. The highest BCUT2D eigenvalue weighted by Gasteiger charge is 2.28. The zero-order valence-electron chi connectivity index (χ0n) is 14.5. The largest absolute Gasteiger partial charge is 0.496 e. The zero-order chi connectivity index (χ0) is 17.7. The minimum Gasteiger partial charge on any atom is -0.496 e. The lowest BCUT2D eigenvalue weighted by molar-refractivity contribution is -0.126. The summed E-state index contributed by atoms with van der Waals surface area (Å²) in [4.78, 5) is 12.3. The Labute approximate surface area is 144 Å². The van der Waals surface area contributed by atoms with Gasteiger partial charge in [-0.3, -0.25) is 4.79 Å². The number of nitrogens with zero attached hydrogens (tertiary/aromatic N) is 1. The Morgan fingerprint density at radius 2 is 2.00 bits per heavy atom. The van der Waals surface area contributed by atoms with E-state index in [4.69, 9.17) is 4.74 Å². The molecule has 1 aliphatic heterocycles. The van der Waals surface area contributed by atoms with Crippen LogP contribution in [0.15, 0.2) is 18.2 Å². The number of methoxy groups -OCH3 is 1. The number of hydrogen-bond acceptors (Lipinski definition) is 4. The molecule has 0 aliphatic carbocycles. The molecule has 0 bridgehead atoms. The van der Waals surface area contributed by atoms with Crippen LogP contribution in [0.2, 0.25) is 0 Å². The molecule has 1 heterocycles. The van der Waals surface area contributed by atoms with Gasteiger partial charge in [0.15, 0.2) is 0 Å². The Morgan fingerprint density at radius 3 is 2.58 bits per heavy atom. The summed E-state index contributed by atoms with van der Waals surface area (Å²) in [5.74, 6) is 0.730. The van der Waals surface area contributed by atoms with E-state index >= 15 is 0 Å². The molecule has 1 amide bonds. The number of nitrogens with one attached hydrogen (secondary N) is 1. The van der Waals surface area contributed by atoms with Crippen molar-refractivity contribution in [3.8, 4) is 5.75 Å². The van der Waals surface area contributed by atoms with Gasteiger partial charge in [-0.1, -0.05) is 17.7 Å². The lowest BCUT2D eigenvalue weighted by atomic mass is 9.97. The van der Waals surface area contributed by atoms with E-state index in [0.29, 0.717) is 38.9 Å². The predicted octanol–water partition coefficient (Wildman–Crippen LogP) is 1.33. The van der Waals surface area contributed by atoms with Crippen molar-refractivity contribution in [2.75, 3.05) is 33.0 Å². The first-order valence-corrected chi connectivity index (χ1v) is 10.0. The molecule has 2 rings (SSSR count). The van der Waals surface area contributed by atoms with E-state index in [9.17, 15) is 13.2 Å². The quantitative estimate of drug-likeness (QED) is 0.836. The van der Waals surface area contributed by atoms with Gasteiger partial charge in [0.25, 0.3) is 0 Å². The monoisotopic (exact) mass is 354 g/mol. The van der Waals surface area contributed by atoms with Crippen molar-refractivity contribution >= 4 is 15.9 Å². The molecule has 24 heavy (non-hydrogen) atoms. The van der Waals surface area contributed by atoms with E-state index in [2.05, 4.69) is 11.4 Å². The smallest absolute Gasteiger partial charge is 0.223 e. The van der Waals surface area contributed by atoms with Crippen molar-refractivity contribution in [1.82, 2.24) is 9.62 Å². The number of ether oxygens (including phenoxy) is 1. The Morgan fingerprint density at radius 1 is 1.33 bits per heavy atom. The molecule has 1 saturated heterocycles. The number of aryl methyl sites for hydroxylation is 1. The second kappa shape index (κ2) is 7.98. The van der Waals surface area contributed by atoms with Crippen molar-refractivity contribution in [3.05, 3.63) is 29.3 Å². The van der Waals surface area contributed by atoms with Crippen LogP contribution in [0.25, 0.3) is 0 Å². The van der Waals surface area contributed by atoms with E-state index in [1.807, 2.05) is 19.1 Å². The highest BCUT2D eigenvalue weighted by atomic mass is 32.2. The number of amides is 1. The van der Waals surface area contributed by atoms with E-state index in [-0.39, 0.29) is 11.8 Å². The number of piperidine rings is 1. The van der Waals surface area contributed by atoms with Gasteiger partial charge in [-0.15, -0.1) is 0 Å². The molecular formula is C17H26N2O4S. The summed E-state index contributed by atoms with van der Waals surface area (Å²) in [6.07, 6.45) is 3.07. The molecule has 1 fully saturated rings. The number of carbonyl (C=O) groups excluding carboxylic acids is 1. The van der Waals surface area contributed by atoms with Gasteiger partial charge in [-0.2, -0.15) is 0 Å². The van der Waals surface area contributed by atoms with Crippen LogP contribution in [-0.2, 0) is 21.2 Å². The van der Waals surface area contributed by atoms with Crippen LogP contribution < -0.4 is 10.1 Å². The van der Waals surface area contributed by atoms with Gasteiger partial charge < -0.3 is 10.1 Å². The summed E-state index contributed by atoms with van der Waals surface area (Å²) < 4.78 is 29.8. The molecule has 1 N–H and O–H groups in total. The minimum absolute atomic E-state index is 0.00905. The van der Waals surface area contributed by atoms with E-state index < -0.39 is 10.0 Å². The van der Waals surface area contributed by atoms with Gasteiger partial charge in [0, 0.05) is 25.6 Å². The second-order valence-corrected chi connectivity index (χ2v) is 8.28. The number of benzene rings is 1. The maximum absolute atomic E-state index is 12.3. The molecule has 0 saturated carbocycles. The van der Waals surface area contributed by atoms with Gasteiger partial charge in [0.05, 0.1) is 13.4 Å².